The van der Waals surface area contributed by atoms with Crippen molar-refractivity contribution in [1.82, 2.24) is 14.8 Å². The number of carbonyl (C=O) groups excluding carboxylic acids is 2. The third kappa shape index (κ3) is 3.69. The molecule has 0 spiro atoms. The fourth-order valence-electron chi connectivity index (χ4n) is 4.25. The smallest absolute Gasteiger partial charge is 0.339 e. The third-order valence-corrected chi connectivity index (χ3v) is 6.03. The van der Waals surface area contributed by atoms with Gasteiger partial charge in [-0.3, -0.25) is 4.79 Å². The molecular formula is C24H26N4O3. The first-order valence-electron chi connectivity index (χ1n) is 11.0. The van der Waals surface area contributed by atoms with E-state index in [2.05, 4.69) is 5.10 Å². The molecule has 1 fully saturated rings. The summed E-state index contributed by atoms with van der Waals surface area (Å²) >= 11 is 0. The number of carbonyl (C=O) groups is 2. The van der Waals surface area contributed by atoms with E-state index in [1.807, 2.05) is 48.9 Å². The van der Waals surface area contributed by atoms with Crippen LogP contribution in [0.15, 0.2) is 36.5 Å². The molecule has 5 rings (SSSR count). The van der Waals surface area contributed by atoms with E-state index in [0.29, 0.717) is 29.1 Å². The lowest BCUT2D eigenvalue weighted by Crippen LogP contribution is -2.38. The molecule has 3 aromatic rings. The van der Waals surface area contributed by atoms with Crippen LogP contribution in [0.2, 0.25) is 0 Å². The number of benzene rings is 1. The Morgan fingerprint density at radius 3 is 2.81 bits per heavy atom. The zero-order chi connectivity index (χ0) is 21.5. The summed E-state index contributed by atoms with van der Waals surface area (Å²) in [5.41, 5.74) is 4.10. The molecule has 0 atom stereocenters. The van der Waals surface area contributed by atoms with Crippen molar-refractivity contribution in [1.29, 1.82) is 0 Å². The summed E-state index contributed by atoms with van der Waals surface area (Å²) in [5, 5.41) is 5.09. The highest BCUT2D eigenvalue weighted by atomic mass is 16.5. The molecule has 31 heavy (non-hydrogen) atoms. The molecule has 2 aromatic heterocycles. The Kier molecular flexibility index (Phi) is 4.96. The molecule has 0 radical (unpaired) electrons. The highest BCUT2D eigenvalue weighted by molar-refractivity contribution is 6.04. The van der Waals surface area contributed by atoms with Crippen molar-refractivity contribution in [2.24, 2.45) is 0 Å². The first kappa shape index (κ1) is 19.7. The normalized spacial score (nSPS) is 15.9. The molecular weight excluding hydrogens is 392 g/mol. The van der Waals surface area contributed by atoms with Gasteiger partial charge in [-0.15, -0.1) is 0 Å². The van der Waals surface area contributed by atoms with E-state index >= 15 is 0 Å². The Bertz CT molecular complexity index is 1160. The summed E-state index contributed by atoms with van der Waals surface area (Å²) in [5.74, 6) is -0.319. The minimum atomic E-state index is -0.503. The zero-order valence-corrected chi connectivity index (χ0v) is 17.9. The van der Waals surface area contributed by atoms with Crippen LogP contribution in [-0.2, 0) is 16.0 Å². The summed E-state index contributed by atoms with van der Waals surface area (Å²) in [6.07, 6.45) is 5.68. The summed E-state index contributed by atoms with van der Waals surface area (Å²) in [6.45, 7) is 4.42. The maximum absolute atomic E-state index is 13.0. The minimum absolute atomic E-state index is 0.129. The Hall–Kier alpha value is -3.22. The lowest BCUT2D eigenvalue weighted by molar-refractivity contribution is -0.121. The van der Waals surface area contributed by atoms with Gasteiger partial charge in [-0.25, -0.2) is 14.5 Å². The molecule has 1 aliphatic carbocycles. The van der Waals surface area contributed by atoms with Crippen molar-refractivity contribution in [3.63, 3.8) is 0 Å². The number of anilines is 1. The maximum Gasteiger partial charge on any atom is 0.339 e. The molecule has 0 unspecified atom stereocenters. The van der Waals surface area contributed by atoms with Crippen LogP contribution < -0.4 is 4.90 Å². The predicted molar refractivity (Wildman–Crippen MR) is 117 cm³/mol. The van der Waals surface area contributed by atoms with Crippen LogP contribution in [0.3, 0.4) is 0 Å². The summed E-state index contributed by atoms with van der Waals surface area (Å²) in [7, 11) is 0. The van der Waals surface area contributed by atoms with Gasteiger partial charge in [-0.1, -0.05) is 18.2 Å². The Balaban J connectivity index is 1.38. The van der Waals surface area contributed by atoms with Gasteiger partial charge in [0.15, 0.2) is 12.3 Å². The number of rotatable bonds is 5. The number of hydrogen-bond donors (Lipinski definition) is 0. The van der Waals surface area contributed by atoms with Crippen LogP contribution >= 0.6 is 0 Å². The average Bonchev–Trinajstić information content (AvgIpc) is 3.54. The molecule has 1 aliphatic heterocycles. The monoisotopic (exact) mass is 418 g/mol. The van der Waals surface area contributed by atoms with Gasteiger partial charge in [0.05, 0.1) is 17.1 Å². The van der Waals surface area contributed by atoms with Gasteiger partial charge >= 0.3 is 5.97 Å². The van der Waals surface area contributed by atoms with Crippen molar-refractivity contribution in [3.8, 4) is 0 Å². The van der Waals surface area contributed by atoms with E-state index in [4.69, 9.17) is 9.72 Å². The first-order chi connectivity index (χ1) is 15.0. The number of nitrogens with zero attached hydrogens (tertiary/aromatic N) is 4. The second-order valence-electron chi connectivity index (χ2n) is 8.64. The van der Waals surface area contributed by atoms with E-state index in [1.54, 1.807) is 11.1 Å². The van der Waals surface area contributed by atoms with Crippen LogP contribution in [-0.4, -0.2) is 39.8 Å². The first-order valence-corrected chi connectivity index (χ1v) is 11.0. The number of para-hydroxylation sites is 1. The summed E-state index contributed by atoms with van der Waals surface area (Å²) in [4.78, 5) is 32.4. The van der Waals surface area contributed by atoms with Crippen LogP contribution in [0.5, 0.6) is 0 Å². The van der Waals surface area contributed by atoms with Crippen molar-refractivity contribution >= 4 is 28.6 Å². The number of aromatic nitrogens is 3. The van der Waals surface area contributed by atoms with Crippen LogP contribution in [0.1, 0.15) is 66.7 Å². The molecule has 0 N–H and O–H groups in total. The fraction of sp³-hybridized carbons (Fsp3) is 0.417. The number of hydrogen-bond acceptors (Lipinski definition) is 5. The molecule has 1 aromatic carbocycles. The Morgan fingerprint density at radius 1 is 1.23 bits per heavy atom. The van der Waals surface area contributed by atoms with Gasteiger partial charge in [0.25, 0.3) is 5.91 Å². The molecule has 2 aliphatic rings. The standard InChI is InChI=1S/C24H26N4O3/c1-15(2)28-23-19(13-25-28)18(12-20(26-23)16-9-10-16)24(30)31-14-22(29)27-11-5-7-17-6-3-4-8-21(17)27/h3-4,6,8,12-13,15-16H,5,7,9-11,14H2,1-2H3. The lowest BCUT2D eigenvalue weighted by atomic mass is 10.0. The number of aryl methyl sites for hydroxylation is 1. The highest BCUT2D eigenvalue weighted by Gasteiger charge is 2.29. The number of amides is 1. The molecule has 0 bridgehead atoms. The average molecular weight is 418 g/mol. The van der Waals surface area contributed by atoms with Crippen molar-refractivity contribution in [2.45, 2.75) is 51.5 Å². The topological polar surface area (TPSA) is 77.3 Å². The molecule has 0 saturated heterocycles. The SMILES string of the molecule is CC(C)n1ncc2c(C(=O)OCC(=O)N3CCCc4ccccc43)cc(C3CC3)nc21. The van der Waals surface area contributed by atoms with Crippen molar-refractivity contribution in [2.75, 3.05) is 18.1 Å². The van der Waals surface area contributed by atoms with E-state index in [0.717, 1.165) is 42.6 Å². The number of ether oxygens (including phenoxy) is 1. The van der Waals surface area contributed by atoms with Crippen molar-refractivity contribution in [3.05, 3.63) is 53.3 Å². The fourth-order valence-corrected chi connectivity index (χ4v) is 4.25. The van der Waals surface area contributed by atoms with Crippen LogP contribution in [0.25, 0.3) is 11.0 Å². The second-order valence-corrected chi connectivity index (χ2v) is 8.64. The molecule has 1 amide bonds. The third-order valence-electron chi connectivity index (χ3n) is 6.03. The Morgan fingerprint density at radius 2 is 2.03 bits per heavy atom. The van der Waals surface area contributed by atoms with Gasteiger partial charge in [-0.05, 0) is 57.2 Å². The van der Waals surface area contributed by atoms with E-state index in [9.17, 15) is 9.59 Å². The largest absolute Gasteiger partial charge is 0.452 e. The molecule has 7 heteroatoms. The molecule has 7 nitrogen and oxygen atoms in total. The highest BCUT2D eigenvalue weighted by Crippen LogP contribution is 2.40. The predicted octanol–water partition coefficient (Wildman–Crippen LogP) is 4.03. The van der Waals surface area contributed by atoms with E-state index in [1.165, 1.54) is 0 Å². The van der Waals surface area contributed by atoms with Crippen molar-refractivity contribution < 1.29 is 14.3 Å². The van der Waals surface area contributed by atoms with Crippen LogP contribution in [0.4, 0.5) is 5.69 Å². The number of esters is 1. The van der Waals surface area contributed by atoms with Gasteiger partial charge in [0.2, 0.25) is 0 Å². The Labute approximate surface area is 181 Å². The second kappa shape index (κ2) is 7.80. The molecule has 1 saturated carbocycles. The van der Waals surface area contributed by atoms with Gasteiger partial charge < -0.3 is 9.64 Å². The molecule has 3 heterocycles. The maximum atomic E-state index is 13.0. The zero-order valence-electron chi connectivity index (χ0n) is 17.9. The van der Waals surface area contributed by atoms with Gasteiger partial charge in [0.1, 0.15) is 0 Å². The van der Waals surface area contributed by atoms with E-state index in [-0.39, 0.29) is 18.6 Å². The van der Waals surface area contributed by atoms with E-state index < -0.39 is 5.97 Å². The van der Waals surface area contributed by atoms with Gasteiger partial charge in [-0.2, -0.15) is 5.10 Å². The van der Waals surface area contributed by atoms with Crippen LogP contribution in [0, 0.1) is 0 Å². The number of pyridine rings is 1. The minimum Gasteiger partial charge on any atom is -0.452 e. The summed E-state index contributed by atoms with van der Waals surface area (Å²) in [6, 6.07) is 9.84. The quantitative estimate of drug-likeness (QED) is 0.585. The number of fused-ring (bicyclic) bond motifs is 2. The molecule has 160 valence electrons. The summed E-state index contributed by atoms with van der Waals surface area (Å²) < 4.78 is 7.32. The lowest BCUT2D eigenvalue weighted by Gasteiger charge is -2.29. The van der Waals surface area contributed by atoms with Gasteiger partial charge in [0, 0.05) is 29.9 Å².